The lowest BCUT2D eigenvalue weighted by atomic mass is 10.2. The lowest BCUT2D eigenvalue weighted by Crippen LogP contribution is -2.52. The largest absolute Gasteiger partial charge is 0.480 e. The molecule has 2 atom stereocenters. The molecule has 0 aromatic carbocycles. The third-order valence-electron chi connectivity index (χ3n) is 2.10. The number of hydrogen-bond donors (Lipinski definition) is 2. The van der Waals surface area contributed by atoms with Gasteiger partial charge in [-0.05, 0) is 13.8 Å². The Morgan fingerprint density at radius 1 is 1.40 bits per heavy atom. The zero-order valence-corrected chi connectivity index (χ0v) is 8.90. The summed E-state index contributed by atoms with van der Waals surface area (Å²) in [5.74, 6) is -1.04. The normalized spacial score (nSPS) is 26.1. The Balaban J connectivity index is 2.41. The molecule has 0 aliphatic carbocycles. The van der Waals surface area contributed by atoms with Gasteiger partial charge in [-0.2, -0.15) is 0 Å². The van der Waals surface area contributed by atoms with Crippen LogP contribution in [0.4, 0.5) is 4.79 Å². The van der Waals surface area contributed by atoms with E-state index in [2.05, 4.69) is 5.32 Å². The van der Waals surface area contributed by atoms with Crippen molar-refractivity contribution in [1.29, 1.82) is 0 Å². The van der Waals surface area contributed by atoms with Crippen LogP contribution in [-0.4, -0.2) is 53.8 Å². The van der Waals surface area contributed by atoms with Crippen LogP contribution in [0.5, 0.6) is 0 Å². The van der Waals surface area contributed by atoms with Crippen LogP contribution in [0.25, 0.3) is 0 Å². The number of hydrogen-bond acceptors (Lipinski definition) is 3. The summed E-state index contributed by atoms with van der Waals surface area (Å²) in [6, 6.07) is -0.348. The molecular weight excluding hydrogens is 200 g/mol. The summed E-state index contributed by atoms with van der Waals surface area (Å²) in [5, 5.41) is 10.7. The van der Waals surface area contributed by atoms with E-state index in [0.29, 0.717) is 13.1 Å². The fraction of sp³-hybridized carbons (Fsp3) is 0.778. The number of urea groups is 1. The molecule has 2 amide bonds. The summed E-state index contributed by atoms with van der Waals surface area (Å²) in [6.07, 6.45) is -0.0198. The van der Waals surface area contributed by atoms with Crippen molar-refractivity contribution in [2.75, 3.05) is 19.6 Å². The van der Waals surface area contributed by atoms with Crippen molar-refractivity contribution in [2.45, 2.75) is 26.1 Å². The number of carbonyl (C=O) groups is 2. The van der Waals surface area contributed by atoms with Gasteiger partial charge in [-0.25, -0.2) is 4.79 Å². The highest BCUT2D eigenvalue weighted by Crippen LogP contribution is 2.10. The van der Waals surface area contributed by atoms with E-state index in [1.165, 1.54) is 0 Å². The zero-order chi connectivity index (χ0) is 11.4. The summed E-state index contributed by atoms with van der Waals surface area (Å²) in [6.45, 7) is 4.41. The number of aliphatic carboxylic acids is 1. The first-order valence-electron chi connectivity index (χ1n) is 4.89. The van der Waals surface area contributed by atoms with Gasteiger partial charge < -0.3 is 20.1 Å². The van der Waals surface area contributed by atoms with Crippen molar-refractivity contribution in [2.24, 2.45) is 0 Å². The topological polar surface area (TPSA) is 78.9 Å². The van der Waals surface area contributed by atoms with Crippen LogP contribution in [-0.2, 0) is 9.53 Å². The minimum Gasteiger partial charge on any atom is -0.480 e. The smallest absolute Gasteiger partial charge is 0.323 e. The lowest BCUT2D eigenvalue weighted by Gasteiger charge is -2.35. The molecular formula is C9H16N2O4. The van der Waals surface area contributed by atoms with E-state index < -0.39 is 5.97 Å². The Morgan fingerprint density at radius 2 is 1.93 bits per heavy atom. The van der Waals surface area contributed by atoms with E-state index >= 15 is 0 Å². The molecule has 1 rings (SSSR count). The highest BCUT2D eigenvalue weighted by molar-refractivity contribution is 5.80. The molecule has 2 N–H and O–H groups in total. The SMILES string of the molecule is C[C@@H]1CN(C(=O)NCC(=O)O)C[C@H](C)O1. The van der Waals surface area contributed by atoms with Crippen molar-refractivity contribution >= 4 is 12.0 Å². The van der Waals surface area contributed by atoms with Gasteiger partial charge in [0.15, 0.2) is 0 Å². The molecule has 0 aromatic rings. The molecule has 1 aliphatic rings. The Morgan fingerprint density at radius 3 is 2.40 bits per heavy atom. The second kappa shape index (κ2) is 4.97. The lowest BCUT2D eigenvalue weighted by molar-refractivity contribution is -0.135. The van der Waals surface area contributed by atoms with Gasteiger partial charge in [0, 0.05) is 13.1 Å². The number of carboxylic acid groups (broad SMARTS) is 1. The van der Waals surface area contributed by atoms with Crippen LogP contribution >= 0.6 is 0 Å². The van der Waals surface area contributed by atoms with Crippen molar-refractivity contribution < 1.29 is 19.4 Å². The number of carbonyl (C=O) groups excluding carboxylic acids is 1. The van der Waals surface area contributed by atoms with Gasteiger partial charge in [0.2, 0.25) is 0 Å². The predicted octanol–water partition coefficient (Wildman–Crippen LogP) is -0.110. The highest BCUT2D eigenvalue weighted by Gasteiger charge is 2.25. The third-order valence-corrected chi connectivity index (χ3v) is 2.10. The van der Waals surface area contributed by atoms with E-state index in [-0.39, 0.29) is 24.8 Å². The van der Waals surface area contributed by atoms with Crippen molar-refractivity contribution in [3.63, 3.8) is 0 Å². The van der Waals surface area contributed by atoms with Crippen LogP contribution in [0, 0.1) is 0 Å². The number of nitrogens with zero attached hydrogens (tertiary/aromatic N) is 1. The molecule has 0 unspecified atom stereocenters. The number of amides is 2. The molecule has 6 nitrogen and oxygen atoms in total. The van der Waals surface area contributed by atoms with Crippen LogP contribution in [0.3, 0.4) is 0 Å². The molecule has 1 fully saturated rings. The van der Waals surface area contributed by atoms with Gasteiger partial charge in [-0.1, -0.05) is 0 Å². The molecule has 0 radical (unpaired) electrons. The van der Waals surface area contributed by atoms with Crippen molar-refractivity contribution in [3.05, 3.63) is 0 Å². The zero-order valence-electron chi connectivity index (χ0n) is 8.90. The molecule has 6 heteroatoms. The molecule has 15 heavy (non-hydrogen) atoms. The first-order chi connectivity index (χ1) is 6.99. The van der Waals surface area contributed by atoms with Gasteiger partial charge in [-0.3, -0.25) is 4.79 Å². The molecule has 0 bridgehead atoms. The highest BCUT2D eigenvalue weighted by atomic mass is 16.5. The Bertz CT molecular complexity index is 246. The monoisotopic (exact) mass is 216 g/mol. The summed E-state index contributed by atoms with van der Waals surface area (Å²) >= 11 is 0. The van der Waals surface area contributed by atoms with Crippen LogP contribution in [0.1, 0.15) is 13.8 Å². The molecule has 1 saturated heterocycles. The van der Waals surface area contributed by atoms with Crippen LogP contribution in [0.2, 0.25) is 0 Å². The Hall–Kier alpha value is -1.30. The van der Waals surface area contributed by atoms with E-state index in [4.69, 9.17) is 9.84 Å². The van der Waals surface area contributed by atoms with E-state index in [1.54, 1.807) is 4.90 Å². The van der Waals surface area contributed by atoms with Crippen LogP contribution in [0.15, 0.2) is 0 Å². The van der Waals surface area contributed by atoms with Gasteiger partial charge in [0.05, 0.1) is 12.2 Å². The molecule has 86 valence electrons. The van der Waals surface area contributed by atoms with E-state index in [9.17, 15) is 9.59 Å². The fourth-order valence-corrected chi connectivity index (χ4v) is 1.61. The summed E-state index contributed by atoms with van der Waals surface area (Å²) in [4.78, 5) is 23.3. The molecule has 1 heterocycles. The number of morpholine rings is 1. The summed E-state index contributed by atoms with van der Waals surface area (Å²) in [7, 11) is 0. The number of carboxylic acids is 1. The fourth-order valence-electron chi connectivity index (χ4n) is 1.61. The van der Waals surface area contributed by atoms with Gasteiger partial charge >= 0.3 is 12.0 Å². The van der Waals surface area contributed by atoms with Crippen molar-refractivity contribution in [3.8, 4) is 0 Å². The first kappa shape index (κ1) is 11.8. The van der Waals surface area contributed by atoms with Gasteiger partial charge in [-0.15, -0.1) is 0 Å². The Kier molecular flexibility index (Phi) is 3.90. The van der Waals surface area contributed by atoms with Crippen molar-refractivity contribution in [1.82, 2.24) is 10.2 Å². The summed E-state index contributed by atoms with van der Waals surface area (Å²) < 4.78 is 5.45. The molecule has 0 spiro atoms. The maximum atomic E-state index is 11.5. The number of rotatable bonds is 2. The Labute approximate surface area is 88.2 Å². The van der Waals surface area contributed by atoms with E-state index in [0.717, 1.165) is 0 Å². The average molecular weight is 216 g/mol. The maximum absolute atomic E-state index is 11.5. The predicted molar refractivity (Wildman–Crippen MR) is 52.6 cm³/mol. The first-order valence-corrected chi connectivity index (χ1v) is 4.89. The van der Waals surface area contributed by atoms with Gasteiger partial charge in [0.25, 0.3) is 0 Å². The minimum absolute atomic E-state index is 0.00988. The quantitative estimate of drug-likeness (QED) is 0.675. The minimum atomic E-state index is -1.04. The molecule has 1 aliphatic heterocycles. The average Bonchev–Trinajstić information content (AvgIpc) is 2.12. The maximum Gasteiger partial charge on any atom is 0.323 e. The number of nitrogens with one attached hydrogen (secondary N) is 1. The second-order valence-electron chi connectivity index (χ2n) is 3.71. The van der Waals surface area contributed by atoms with E-state index in [1.807, 2.05) is 13.8 Å². The second-order valence-corrected chi connectivity index (χ2v) is 3.71. The van der Waals surface area contributed by atoms with Gasteiger partial charge in [0.1, 0.15) is 6.54 Å². The molecule has 0 saturated carbocycles. The molecule has 0 aromatic heterocycles. The van der Waals surface area contributed by atoms with Crippen LogP contribution < -0.4 is 5.32 Å². The summed E-state index contributed by atoms with van der Waals surface area (Å²) in [5.41, 5.74) is 0. The third kappa shape index (κ3) is 3.75. The number of ether oxygens (including phenoxy) is 1. The standard InChI is InChI=1S/C9H16N2O4/c1-6-4-11(5-7(2)15-6)9(14)10-3-8(12)13/h6-7H,3-5H2,1-2H3,(H,10,14)(H,12,13)/t6-,7+.